The largest absolute Gasteiger partial charge is 0.458 e. The van der Waals surface area contributed by atoms with Crippen LogP contribution in [-0.4, -0.2) is 29.1 Å². The molecule has 1 aliphatic carbocycles. The Morgan fingerprint density at radius 3 is 2.03 bits per heavy atom. The number of aliphatic imine (C=N–C) groups is 1. The van der Waals surface area contributed by atoms with Crippen molar-refractivity contribution >= 4 is 33.4 Å². The quantitative estimate of drug-likeness (QED) is 0.255. The van der Waals surface area contributed by atoms with Crippen LogP contribution < -0.4 is 0 Å². The van der Waals surface area contributed by atoms with Crippen LogP contribution in [0.2, 0.25) is 0 Å². The van der Waals surface area contributed by atoms with Crippen LogP contribution in [0.1, 0.15) is 69.2 Å². The zero-order valence-corrected chi connectivity index (χ0v) is 23.0. The molecule has 0 heterocycles. The number of esters is 1. The molecule has 0 amide bonds. The van der Waals surface area contributed by atoms with Gasteiger partial charge in [-0.15, -0.1) is 0 Å². The predicted molar refractivity (Wildman–Crippen MR) is 148 cm³/mol. The average Bonchev–Trinajstić information content (AvgIpc) is 2.83. The van der Waals surface area contributed by atoms with E-state index in [1.54, 1.807) is 0 Å². The Labute approximate surface area is 221 Å². The monoisotopic (exact) mass is 545 g/mol. The summed E-state index contributed by atoms with van der Waals surface area (Å²) >= 11 is 3.72. The van der Waals surface area contributed by atoms with Gasteiger partial charge in [0.25, 0.3) is 0 Å². The number of carbonyl (C=O) groups is 2. The molecule has 0 spiro atoms. The zero-order valence-electron chi connectivity index (χ0n) is 21.4. The lowest BCUT2D eigenvalue weighted by molar-refractivity contribution is -0.157. The fourth-order valence-corrected chi connectivity index (χ4v) is 5.41. The minimum atomic E-state index is -0.905. The number of benzene rings is 3. The fourth-order valence-electron chi connectivity index (χ4n) is 4.75. The molecule has 0 saturated heterocycles. The van der Waals surface area contributed by atoms with E-state index in [1.807, 2.05) is 113 Å². The van der Waals surface area contributed by atoms with Gasteiger partial charge in [-0.3, -0.25) is 9.79 Å². The summed E-state index contributed by atoms with van der Waals surface area (Å²) in [5.74, 6) is -0.817. The molecular formula is C31H32BrNO3. The van der Waals surface area contributed by atoms with Gasteiger partial charge in [-0.2, -0.15) is 0 Å². The molecular weight excluding hydrogens is 514 g/mol. The highest BCUT2D eigenvalue weighted by atomic mass is 79.9. The van der Waals surface area contributed by atoms with E-state index in [4.69, 9.17) is 9.73 Å². The van der Waals surface area contributed by atoms with Gasteiger partial charge in [-0.25, -0.2) is 4.79 Å². The Balaban J connectivity index is 1.95. The Morgan fingerprint density at radius 2 is 1.50 bits per heavy atom. The first-order chi connectivity index (χ1) is 17.0. The highest BCUT2D eigenvalue weighted by molar-refractivity contribution is 9.10. The molecule has 3 aromatic rings. The van der Waals surface area contributed by atoms with Crippen molar-refractivity contribution in [2.24, 2.45) is 4.99 Å². The van der Waals surface area contributed by atoms with Gasteiger partial charge in [0.1, 0.15) is 11.4 Å². The molecule has 5 heteroatoms. The molecule has 2 atom stereocenters. The van der Waals surface area contributed by atoms with Crippen molar-refractivity contribution in [2.45, 2.75) is 64.0 Å². The highest BCUT2D eigenvalue weighted by Gasteiger charge is 2.46. The van der Waals surface area contributed by atoms with Crippen LogP contribution in [0, 0.1) is 0 Å². The Bertz CT molecular complexity index is 1250. The lowest BCUT2D eigenvalue weighted by Gasteiger charge is -2.38. The van der Waals surface area contributed by atoms with Gasteiger partial charge in [-0.05, 0) is 51.8 Å². The van der Waals surface area contributed by atoms with Crippen LogP contribution >= 0.6 is 15.9 Å². The Morgan fingerprint density at radius 1 is 0.944 bits per heavy atom. The molecule has 0 bridgehead atoms. The Kier molecular flexibility index (Phi) is 7.33. The number of Topliss-reactive ketones (excluding diaryl/α,β-unsaturated/α-hetero) is 1. The molecule has 186 valence electrons. The number of rotatable bonds is 5. The van der Waals surface area contributed by atoms with Crippen LogP contribution in [-0.2, 0) is 19.7 Å². The third-order valence-corrected chi connectivity index (χ3v) is 7.28. The van der Waals surface area contributed by atoms with Crippen LogP contribution in [0.4, 0.5) is 0 Å². The summed E-state index contributed by atoms with van der Waals surface area (Å²) in [4.78, 5) is 32.3. The van der Waals surface area contributed by atoms with Crippen LogP contribution in [0.25, 0.3) is 0 Å². The maximum absolute atomic E-state index is 13.8. The lowest BCUT2D eigenvalue weighted by Crippen LogP contribution is -2.43. The first-order valence-corrected chi connectivity index (χ1v) is 13.0. The zero-order chi connectivity index (χ0) is 26.1. The molecule has 0 radical (unpaired) electrons. The van der Waals surface area contributed by atoms with Crippen LogP contribution in [0.5, 0.6) is 0 Å². The normalized spacial score (nSPS) is 17.6. The molecule has 0 N–H and O–H groups in total. The van der Waals surface area contributed by atoms with E-state index >= 15 is 0 Å². The molecule has 0 saturated carbocycles. The maximum atomic E-state index is 13.8. The number of hydrogen-bond acceptors (Lipinski definition) is 4. The predicted octanol–water partition coefficient (Wildman–Crippen LogP) is 7.03. The fraction of sp³-hybridized carbons (Fsp3) is 0.323. The molecule has 2 unspecified atom stereocenters. The van der Waals surface area contributed by atoms with Crippen molar-refractivity contribution in [1.29, 1.82) is 0 Å². The molecule has 0 aliphatic heterocycles. The second-order valence-corrected chi connectivity index (χ2v) is 11.6. The summed E-state index contributed by atoms with van der Waals surface area (Å²) in [5.41, 5.74) is 3.00. The van der Waals surface area contributed by atoms with Crippen molar-refractivity contribution in [2.75, 3.05) is 0 Å². The van der Waals surface area contributed by atoms with Gasteiger partial charge in [0, 0.05) is 33.4 Å². The number of ether oxygens (including phenoxy) is 1. The topological polar surface area (TPSA) is 55.7 Å². The van der Waals surface area contributed by atoms with Crippen molar-refractivity contribution in [3.8, 4) is 0 Å². The molecule has 4 nitrogen and oxygen atoms in total. The van der Waals surface area contributed by atoms with Crippen molar-refractivity contribution in [3.63, 3.8) is 0 Å². The van der Waals surface area contributed by atoms with Crippen molar-refractivity contribution < 1.29 is 14.3 Å². The van der Waals surface area contributed by atoms with Crippen molar-refractivity contribution in [1.82, 2.24) is 0 Å². The highest BCUT2D eigenvalue weighted by Crippen LogP contribution is 2.46. The van der Waals surface area contributed by atoms with E-state index in [1.165, 1.54) is 0 Å². The van der Waals surface area contributed by atoms with E-state index in [0.717, 1.165) is 26.7 Å². The molecule has 0 aromatic heterocycles. The van der Waals surface area contributed by atoms with Gasteiger partial charge in [-0.1, -0.05) is 88.7 Å². The van der Waals surface area contributed by atoms with Gasteiger partial charge >= 0.3 is 5.97 Å². The SMILES string of the molecule is CC(C)(C)OC(=O)C(N=C(c1ccccc1)c1ccccc1)C1CC(=O)C(C)(C)c2cccc(Br)c21. The molecule has 36 heavy (non-hydrogen) atoms. The second-order valence-electron chi connectivity index (χ2n) is 10.7. The molecule has 4 rings (SSSR count). The van der Waals surface area contributed by atoms with E-state index in [9.17, 15) is 9.59 Å². The number of ketones is 1. The first-order valence-electron chi connectivity index (χ1n) is 12.2. The van der Waals surface area contributed by atoms with Gasteiger partial charge < -0.3 is 4.74 Å². The van der Waals surface area contributed by atoms with E-state index in [0.29, 0.717) is 5.71 Å². The molecule has 3 aromatic carbocycles. The molecule has 0 fully saturated rings. The molecule has 1 aliphatic rings. The minimum Gasteiger partial charge on any atom is -0.458 e. The van der Waals surface area contributed by atoms with E-state index in [-0.39, 0.29) is 12.2 Å². The smallest absolute Gasteiger partial charge is 0.332 e. The number of fused-ring (bicyclic) bond motifs is 1. The van der Waals surface area contributed by atoms with E-state index < -0.39 is 28.9 Å². The first kappa shape index (κ1) is 26.0. The number of halogens is 1. The van der Waals surface area contributed by atoms with Gasteiger partial charge in [0.2, 0.25) is 0 Å². The van der Waals surface area contributed by atoms with Gasteiger partial charge in [0.15, 0.2) is 6.04 Å². The van der Waals surface area contributed by atoms with Crippen LogP contribution in [0.15, 0.2) is 88.3 Å². The minimum absolute atomic E-state index is 0.0860. The second kappa shape index (κ2) is 10.1. The maximum Gasteiger partial charge on any atom is 0.332 e. The average molecular weight is 547 g/mol. The summed E-state index contributed by atoms with van der Waals surface area (Å²) in [6.07, 6.45) is 0.201. The lowest BCUT2D eigenvalue weighted by atomic mass is 9.66. The summed E-state index contributed by atoms with van der Waals surface area (Å²) < 4.78 is 6.77. The third kappa shape index (κ3) is 5.36. The van der Waals surface area contributed by atoms with E-state index in [2.05, 4.69) is 15.9 Å². The summed E-state index contributed by atoms with van der Waals surface area (Å²) in [6.45, 7) is 9.43. The number of carbonyl (C=O) groups excluding carboxylic acids is 2. The summed E-state index contributed by atoms with van der Waals surface area (Å²) in [7, 11) is 0. The summed E-state index contributed by atoms with van der Waals surface area (Å²) in [6, 6.07) is 24.6. The number of nitrogens with zero attached hydrogens (tertiary/aromatic N) is 1. The standard InChI is InChI=1S/C31H32BrNO3/c1-30(2,3)36-29(35)28(22-19-25(34)31(4,5)23-17-12-18-24(32)26(22)23)33-27(20-13-8-6-9-14-20)21-15-10-7-11-16-21/h6-18,22,28H,19H2,1-5H3. The third-order valence-electron chi connectivity index (χ3n) is 6.59. The Hall–Kier alpha value is -3.05. The van der Waals surface area contributed by atoms with Crippen molar-refractivity contribution in [3.05, 3.63) is 106 Å². The van der Waals surface area contributed by atoms with Gasteiger partial charge in [0.05, 0.1) is 5.71 Å². The van der Waals surface area contributed by atoms with Crippen LogP contribution in [0.3, 0.4) is 0 Å². The number of hydrogen-bond donors (Lipinski definition) is 0. The summed E-state index contributed by atoms with van der Waals surface area (Å²) in [5, 5.41) is 0.